The van der Waals surface area contributed by atoms with Gasteiger partial charge in [-0.1, -0.05) is 48.5 Å². The van der Waals surface area contributed by atoms with Crippen molar-refractivity contribution in [2.24, 2.45) is 0 Å². The van der Waals surface area contributed by atoms with Crippen LogP contribution in [0.2, 0.25) is 0 Å². The zero-order chi connectivity index (χ0) is 15.6. The van der Waals surface area contributed by atoms with Gasteiger partial charge in [0, 0.05) is 11.2 Å². The van der Waals surface area contributed by atoms with Gasteiger partial charge in [0.2, 0.25) is 0 Å². The van der Waals surface area contributed by atoms with Crippen LogP contribution in [-0.2, 0) is 4.74 Å². The molecule has 1 aliphatic heterocycles. The third kappa shape index (κ3) is 2.87. The monoisotopic (exact) mass is 323 g/mol. The molecule has 0 saturated carbocycles. The van der Waals surface area contributed by atoms with Crippen molar-refractivity contribution in [3.8, 4) is 0 Å². The van der Waals surface area contributed by atoms with E-state index in [1.165, 1.54) is 0 Å². The SMILES string of the molecule is O=C(c1cc2ccccc2s1)N1CCO[C@H](c2ccccc2)C1. The Morgan fingerprint density at radius 1 is 1.09 bits per heavy atom. The van der Waals surface area contributed by atoms with Gasteiger partial charge in [-0.2, -0.15) is 0 Å². The molecule has 23 heavy (non-hydrogen) atoms. The normalized spacial score (nSPS) is 18.3. The Bertz CT molecular complexity index is 795. The lowest BCUT2D eigenvalue weighted by Gasteiger charge is -2.33. The number of amides is 1. The molecular weight excluding hydrogens is 306 g/mol. The standard InChI is InChI=1S/C19H17NO2S/c21-19(18-12-15-8-4-5-9-17(15)23-18)20-10-11-22-16(13-20)14-6-2-1-3-7-14/h1-9,12,16H,10-11,13H2/t16-/m0/s1. The molecule has 2 aromatic carbocycles. The minimum absolute atomic E-state index is 0.0386. The summed E-state index contributed by atoms with van der Waals surface area (Å²) >= 11 is 1.56. The molecule has 3 nitrogen and oxygen atoms in total. The molecule has 2 heterocycles. The van der Waals surface area contributed by atoms with Crippen LogP contribution in [0.15, 0.2) is 60.7 Å². The summed E-state index contributed by atoms with van der Waals surface area (Å²) in [4.78, 5) is 15.5. The van der Waals surface area contributed by atoms with E-state index in [9.17, 15) is 4.79 Å². The molecule has 0 radical (unpaired) electrons. The molecule has 0 unspecified atom stereocenters. The minimum Gasteiger partial charge on any atom is -0.370 e. The zero-order valence-corrected chi connectivity index (χ0v) is 13.5. The molecule has 4 rings (SSSR count). The van der Waals surface area contributed by atoms with Gasteiger partial charge in [0.05, 0.1) is 18.0 Å². The summed E-state index contributed by atoms with van der Waals surface area (Å²) < 4.78 is 7.00. The van der Waals surface area contributed by atoms with Crippen molar-refractivity contribution in [2.75, 3.05) is 19.7 Å². The number of morpholine rings is 1. The largest absolute Gasteiger partial charge is 0.370 e. The van der Waals surface area contributed by atoms with E-state index in [1.54, 1.807) is 11.3 Å². The maximum absolute atomic E-state index is 12.8. The lowest BCUT2D eigenvalue weighted by atomic mass is 10.1. The van der Waals surface area contributed by atoms with E-state index in [1.807, 2.05) is 41.3 Å². The summed E-state index contributed by atoms with van der Waals surface area (Å²) in [6, 6.07) is 20.2. The average Bonchev–Trinajstić information content (AvgIpc) is 3.06. The summed E-state index contributed by atoms with van der Waals surface area (Å²) in [6.45, 7) is 1.84. The average molecular weight is 323 g/mol. The van der Waals surface area contributed by atoms with Gasteiger partial charge in [-0.15, -0.1) is 11.3 Å². The highest BCUT2D eigenvalue weighted by Gasteiger charge is 2.26. The van der Waals surface area contributed by atoms with Crippen LogP contribution in [0, 0.1) is 0 Å². The fourth-order valence-electron chi connectivity index (χ4n) is 2.95. The van der Waals surface area contributed by atoms with E-state index in [0.717, 1.165) is 20.5 Å². The second-order valence-corrected chi connectivity index (χ2v) is 6.75. The van der Waals surface area contributed by atoms with E-state index in [2.05, 4.69) is 24.3 Å². The van der Waals surface area contributed by atoms with Crippen LogP contribution in [-0.4, -0.2) is 30.5 Å². The summed E-state index contributed by atoms with van der Waals surface area (Å²) in [5.41, 5.74) is 1.13. The van der Waals surface area contributed by atoms with Gasteiger partial charge in [-0.05, 0) is 23.1 Å². The van der Waals surface area contributed by atoms with Crippen molar-refractivity contribution >= 4 is 27.3 Å². The molecule has 0 aliphatic carbocycles. The van der Waals surface area contributed by atoms with E-state index < -0.39 is 0 Å². The molecular formula is C19H17NO2S. The van der Waals surface area contributed by atoms with E-state index in [4.69, 9.17) is 4.74 Å². The van der Waals surface area contributed by atoms with Crippen molar-refractivity contribution in [1.29, 1.82) is 0 Å². The number of ether oxygens (including phenoxy) is 1. The first-order valence-corrected chi connectivity index (χ1v) is 8.57. The van der Waals surface area contributed by atoms with Gasteiger partial charge in [0.15, 0.2) is 0 Å². The van der Waals surface area contributed by atoms with Gasteiger partial charge in [0.1, 0.15) is 6.10 Å². The van der Waals surface area contributed by atoms with Gasteiger partial charge < -0.3 is 9.64 Å². The van der Waals surface area contributed by atoms with Gasteiger partial charge in [-0.25, -0.2) is 0 Å². The molecule has 0 bridgehead atoms. The predicted molar refractivity (Wildman–Crippen MR) is 92.9 cm³/mol. The van der Waals surface area contributed by atoms with Crippen molar-refractivity contribution in [3.63, 3.8) is 0 Å². The van der Waals surface area contributed by atoms with Gasteiger partial charge in [0.25, 0.3) is 5.91 Å². The zero-order valence-electron chi connectivity index (χ0n) is 12.6. The molecule has 3 aromatic rings. The maximum atomic E-state index is 12.8. The summed E-state index contributed by atoms with van der Waals surface area (Å²) in [7, 11) is 0. The van der Waals surface area contributed by atoms with Gasteiger partial charge in [-0.3, -0.25) is 4.79 Å². The fourth-order valence-corrected chi connectivity index (χ4v) is 3.98. The molecule has 1 amide bonds. The highest BCUT2D eigenvalue weighted by atomic mass is 32.1. The topological polar surface area (TPSA) is 29.5 Å². The molecule has 1 atom stereocenters. The predicted octanol–water partition coefficient (Wildman–Crippen LogP) is 4.12. The molecule has 116 valence electrons. The minimum atomic E-state index is -0.0386. The quantitative estimate of drug-likeness (QED) is 0.710. The van der Waals surface area contributed by atoms with Crippen LogP contribution in [0.3, 0.4) is 0 Å². The van der Waals surface area contributed by atoms with Crippen LogP contribution in [0.5, 0.6) is 0 Å². The maximum Gasteiger partial charge on any atom is 0.264 e. The third-order valence-corrected chi connectivity index (χ3v) is 5.27. The van der Waals surface area contributed by atoms with Gasteiger partial charge >= 0.3 is 0 Å². The lowest BCUT2D eigenvalue weighted by Crippen LogP contribution is -2.42. The molecule has 1 aliphatic rings. The molecule has 4 heteroatoms. The first-order chi connectivity index (χ1) is 11.3. The highest BCUT2D eigenvalue weighted by Crippen LogP contribution is 2.28. The molecule has 0 N–H and O–H groups in total. The second-order valence-electron chi connectivity index (χ2n) is 5.67. The number of nitrogens with zero attached hydrogens (tertiary/aromatic N) is 1. The number of hydrogen-bond acceptors (Lipinski definition) is 3. The number of benzene rings is 2. The number of carbonyl (C=O) groups excluding carboxylic acids is 1. The van der Waals surface area contributed by atoms with Crippen molar-refractivity contribution in [3.05, 3.63) is 71.1 Å². The lowest BCUT2D eigenvalue weighted by molar-refractivity contribution is -0.0226. The number of rotatable bonds is 2. The second kappa shape index (κ2) is 6.14. The van der Waals surface area contributed by atoms with Crippen molar-refractivity contribution in [1.82, 2.24) is 4.90 Å². The first kappa shape index (κ1) is 14.4. The van der Waals surface area contributed by atoms with Crippen LogP contribution in [0.25, 0.3) is 10.1 Å². The summed E-state index contributed by atoms with van der Waals surface area (Å²) in [6.07, 6.45) is -0.0386. The number of fused-ring (bicyclic) bond motifs is 1. The van der Waals surface area contributed by atoms with E-state index in [-0.39, 0.29) is 12.0 Å². The summed E-state index contributed by atoms with van der Waals surface area (Å²) in [5.74, 6) is 0.107. The van der Waals surface area contributed by atoms with E-state index >= 15 is 0 Å². The van der Waals surface area contributed by atoms with Crippen LogP contribution >= 0.6 is 11.3 Å². The Hall–Kier alpha value is -2.17. The van der Waals surface area contributed by atoms with Crippen LogP contribution < -0.4 is 0 Å². The Kier molecular flexibility index (Phi) is 3.85. The molecule has 1 aromatic heterocycles. The molecule has 1 fully saturated rings. The fraction of sp³-hybridized carbons (Fsp3) is 0.211. The Balaban J connectivity index is 1.56. The van der Waals surface area contributed by atoms with E-state index in [0.29, 0.717) is 19.7 Å². The number of thiophene rings is 1. The third-order valence-electron chi connectivity index (χ3n) is 4.16. The first-order valence-electron chi connectivity index (χ1n) is 7.76. The number of hydrogen-bond donors (Lipinski definition) is 0. The Morgan fingerprint density at radius 2 is 1.87 bits per heavy atom. The Labute approximate surface area is 139 Å². The highest BCUT2D eigenvalue weighted by molar-refractivity contribution is 7.20. The molecule has 0 spiro atoms. The smallest absolute Gasteiger partial charge is 0.264 e. The summed E-state index contributed by atoms with van der Waals surface area (Å²) in [5, 5.41) is 1.13. The number of carbonyl (C=O) groups is 1. The van der Waals surface area contributed by atoms with Crippen molar-refractivity contribution < 1.29 is 9.53 Å². The van der Waals surface area contributed by atoms with Crippen LogP contribution in [0.1, 0.15) is 21.3 Å². The Morgan fingerprint density at radius 3 is 2.70 bits per heavy atom. The van der Waals surface area contributed by atoms with Crippen molar-refractivity contribution in [2.45, 2.75) is 6.10 Å². The van der Waals surface area contributed by atoms with Crippen LogP contribution in [0.4, 0.5) is 0 Å². The molecule has 1 saturated heterocycles.